The van der Waals surface area contributed by atoms with Crippen molar-refractivity contribution in [3.63, 3.8) is 0 Å². The quantitative estimate of drug-likeness (QED) is 0.715. The summed E-state index contributed by atoms with van der Waals surface area (Å²) < 4.78 is 29.2. The van der Waals surface area contributed by atoms with Crippen LogP contribution in [0.25, 0.3) is 0 Å². The predicted molar refractivity (Wildman–Crippen MR) is 98.4 cm³/mol. The number of halogens is 1. The van der Waals surface area contributed by atoms with Crippen LogP contribution in [0.1, 0.15) is 19.4 Å². The van der Waals surface area contributed by atoms with E-state index in [-0.39, 0.29) is 12.3 Å². The van der Waals surface area contributed by atoms with Gasteiger partial charge in [-0.2, -0.15) is 0 Å². The Morgan fingerprint density at radius 2 is 1.70 bits per heavy atom. The molecule has 1 N–H and O–H groups in total. The fourth-order valence-corrected chi connectivity index (χ4v) is 2.14. The van der Waals surface area contributed by atoms with E-state index < -0.39 is 23.8 Å². The molecule has 0 spiro atoms. The lowest BCUT2D eigenvalue weighted by Crippen LogP contribution is -2.31. The number of anilines is 1. The van der Waals surface area contributed by atoms with Gasteiger partial charge in [-0.1, -0.05) is 6.07 Å². The summed E-state index contributed by atoms with van der Waals surface area (Å²) in [7, 11) is 0. The van der Waals surface area contributed by atoms with Gasteiger partial charge in [-0.25, -0.2) is 9.18 Å². The third-order valence-corrected chi connectivity index (χ3v) is 3.61. The molecule has 1 amide bonds. The average molecular weight is 375 g/mol. The molecule has 0 radical (unpaired) electrons. The maximum atomic E-state index is 13.5. The molecule has 6 nitrogen and oxygen atoms in total. The van der Waals surface area contributed by atoms with Crippen molar-refractivity contribution in [1.82, 2.24) is 0 Å². The topological polar surface area (TPSA) is 73.9 Å². The SMILES string of the molecule is CCOc1ccc(OCC(=O)O[C@@H](C)C(=O)Nc2ccc(C)c(F)c2)cc1. The van der Waals surface area contributed by atoms with E-state index in [4.69, 9.17) is 14.2 Å². The third kappa shape index (κ3) is 6.29. The van der Waals surface area contributed by atoms with Crippen molar-refractivity contribution >= 4 is 17.6 Å². The van der Waals surface area contributed by atoms with Crippen LogP contribution in [0, 0.1) is 12.7 Å². The summed E-state index contributed by atoms with van der Waals surface area (Å²) in [6, 6.07) is 11.1. The van der Waals surface area contributed by atoms with Gasteiger partial charge in [0, 0.05) is 5.69 Å². The van der Waals surface area contributed by atoms with E-state index in [9.17, 15) is 14.0 Å². The summed E-state index contributed by atoms with van der Waals surface area (Å²) in [5.74, 6) is -0.511. The van der Waals surface area contributed by atoms with Gasteiger partial charge in [0.1, 0.15) is 17.3 Å². The van der Waals surface area contributed by atoms with Crippen LogP contribution in [0.15, 0.2) is 42.5 Å². The Kier molecular flexibility index (Phi) is 7.16. The molecule has 0 heterocycles. The molecule has 1 atom stereocenters. The zero-order chi connectivity index (χ0) is 19.8. The fourth-order valence-electron chi connectivity index (χ4n) is 2.14. The highest BCUT2D eigenvalue weighted by Gasteiger charge is 2.18. The molecule has 144 valence electrons. The first-order valence-electron chi connectivity index (χ1n) is 8.51. The second-order valence-electron chi connectivity index (χ2n) is 5.78. The van der Waals surface area contributed by atoms with Crippen LogP contribution in [0.2, 0.25) is 0 Å². The van der Waals surface area contributed by atoms with Crippen LogP contribution in [0.4, 0.5) is 10.1 Å². The summed E-state index contributed by atoms with van der Waals surface area (Å²) in [6.45, 7) is 5.14. The van der Waals surface area contributed by atoms with Gasteiger partial charge in [-0.15, -0.1) is 0 Å². The van der Waals surface area contributed by atoms with Crippen molar-refractivity contribution in [3.8, 4) is 11.5 Å². The van der Waals surface area contributed by atoms with Gasteiger partial charge in [-0.05, 0) is 62.7 Å². The van der Waals surface area contributed by atoms with Crippen molar-refractivity contribution in [3.05, 3.63) is 53.8 Å². The van der Waals surface area contributed by atoms with E-state index in [2.05, 4.69) is 5.32 Å². The number of esters is 1. The van der Waals surface area contributed by atoms with Crippen LogP contribution in [-0.2, 0) is 14.3 Å². The lowest BCUT2D eigenvalue weighted by atomic mass is 10.2. The molecule has 2 rings (SSSR count). The highest BCUT2D eigenvalue weighted by atomic mass is 19.1. The van der Waals surface area contributed by atoms with Crippen molar-refractivity contribution < 1.29 is 28.2 Å². The maximum absolute atomic E-state index is 13.5. The van der Waals surface area contributed by atoms with E-state index in [0.29, 0.717) is 23.7 Å². The van der Waals surface area contributed by atoms with E-state index in [1.54, 1.807) is 43.3 Å². The molecule has 0 unspecified atom stereocenters. The second-order valence-corrected chi connectivity index (χ2v) is 5.78. The van der Waals surface area contributed by atoms with Gasteiger partial charge in [0.2, 0.25) is 0 Å². The summed E-state index contributed by atoms with van der Waals surface area (Å²) in [6.07, 6.45) is -1.05. The van der Waals surface area contributed by atoms with Gasteiger partial charge in [0.15, 0.2) is 12.7 Å². The summed E-state index contributed by atoms with van der Waals surface area (Å²) in [4.78, 5) is 23.9. The number of rotatable bonds is 8. The number of amides is 1. The third-order valence-electron chi connectivity index (χ3n) is 3.61. The molecule has 0 aliphatic carbocycles. The Hall–Kier alpha value is -3.09. The molecule has 0 aliphatic heterocycles. The highest BCUT2D eigenvalue weighted by Crippen LogP contribution is 2.17. The van der Waals surface area contributed by atoms with Crippen molar-refractivity contribution in [2.75, 3.05) is 18.5 Å². The molecule has 2 aromatic rings. The molecule has 0 saturated carbocycles. The van der Waals surface area contributed by atoms with Crippen LogP contribution in [-0.4, -0.2) is 31.2 Å². The number of hydrogen-bond donors (Lipinski definition) is 1. The molecule has 2 aromatic carbocycles. The Morgan fingerprint density at radius 3 is 2.30 bits per heavy atom. The van der Waals surface area contributed by atoms with Crippen molar-refractivity contribution in [1.29, 1.82) is 0 Å². The first-order valence-corrected chi connectivity index (χ1v) is 8.51. The number of carbonyl (C=O) groups is 2. The van der Waals surface area contributed by atoms with Crippen LogP contribution in [0.3, 0.4) is 0 Å². The van der Waals surface area contributed by atoms with Gasteiger partial charge in [0.25, 0.3) is 5.91 Å². The van der Waals surface area contributed by atoms with Crippen LogP contribution in [0.5, 0.6) is 11.5 Å². The number of carbonyl (C=O) groups excluding carboxylic acids is 2. The van der Waals surface area contributed by atoms with Gasteiger partial charge >= 0.3 is 5.97 Å². The molecule has 0 aromatic heterocycles. The smallest absolute Gasteiger partial charge is 0.344 e. The van der Waals surface area contributed by atoms with E-state index in [0.717, 1.165) is 0 Å². The normalized spacial score (nSPS) is 11.4. The number of nitrogens with one attached hydrogen (secondary N) is 1. The Morgan fingerprint density at radius 1 is 1.07 bits per heavy atom. The molecule has 7 heteroatoms. The monoisotopic (exact) mass is 375 g/mol. The van der Waals surface area contributed by atoms with E-state index in [1.165, 1.54) is 13.0 Å². The summed E-state index contributed by atoms with van der Waals surface area (Å²) in [5.41, 5.74) is 0.760. The number of benzene rings is 2. The molecule has 0 fully saturated rings. The minimum absolute atomic E-state index is 0.289. The summed E-state index contributed by atoms with van der Waals surface area (Å²) >= 11 is 0. The van der Waals surface area contributed by atoms with E-state index in [1.807, 2.05) is 6.92 Å². The number of aryl methyl sites for hydroxylation is 1. The van der Waals surface area contributed by atoms with Crippen LogP contribution < -0.4 is 14.8 Å². The first-order chi connectivity index (χ1) is 12.9. The van der Waals surface area contributed by atoms with Crippen molar-refractivity contribution in [2.45, 2.75) is 26.9 Å². The molecular weight excluding hydrogens is 353 g/mol. The van der Waals surface area contributed by atoms with Crippen molar-refractivity contribution in [2.24, 2.45) is 0 Å². The zero-order valence-electron chi connectivity index (χ0n) is 15.5. The Balaban J connectivity index is 1.79. The highest BCUT2D eigenvalue weighted by molar-refractivity contribution is 5.95. The Bertz CT molecular complexity index is 791. The maximum Gasteiger partial charge on any atom is 0.344 e. The number of ether oxygens (including phenoxy) is 3. The lowest BCUT2D eigenvalue weighted by molar-refractivity contribution is -0.155. The Labute approximate surface area is 157 Å². The van der Waals surface area contributed by atoms with Gasteiger partial charge < -0.3 is 19.5 Å². The standard InChI is InChI=1S/C20H22FNO5/c1-4-25-16-7-9-17(10-8-16)26-12-19(23)27-14(3)20(24)22-15-6-5-13(2)18(21)11-15/h5-11,14H,4,12H2,1-3H3,(H,22,24)/t14-/m0/s1. The lowest BCUT2D eigenvalue weighted by Gasteiger charge is -2.14. The molecular formula is C20H22FNO5. The second kappa shape index (κ2) is 9.56. The zero-order valence-corrected chi connectivity index (χ0v) is 15.5. The molecule has 27 heavy (non-hydrogen) atoms. The van der Waals surface area contributed by atoms with Gasteiger partial charge in [-0.3, -0.25) is 4.79 Å². The minimum Gasteiger partial charge on any atom is -0.494 e. The van der Waals surface area contributed by atoms with E-state index >= 15 is 0 Å². The summed E-state index contributed by atoms with van der Waals surface area (Å²) in [5, 5.41) is 2.50. The largest absolute Gasteiger partial charge is 0.494 e. The van der Waals surface area contributed by atoms with Crippen LogP contribution >= 0.6 is 0 Å². The minimum atomic E-state index is -1.05. The average Bonchev–Trinajstić information content (AvgIpc) is 2.64. The first kappa shape index (κ1) is 20.2. The van der Waals surface area contributed by atoms with Gasteiger partial charge in [0.05, 0.1) is 6.61 Å². The molecule has 0 bridgehead atoms. The molecule has 0 aliphatic rings. The predicted octanol–water partition coefficient (Wildman–Crippen LogP) is 3.48. The molecule has 0 saturated heterocycles. The fraction of sp³-hybridized carbons (Fsp3) is 0.300. The number of hydrogen-bond acceptors (Lipinski definition) is 5.